The number of benzene rings is 2. The van der Waals surface area contributed by atoms with Crippen molar-refractivity contribution in [2.24, 2.45) is 0 Å². The Morgan fingerprint density at radius 3 is 2.32 bits per heavy atom. The van der Waals surface area contributed by atoms with Crippen LogP contribution in [0.3, 0.4) is 0 Å². The van der Waals surface area contributed by atoms with Crippen LogP contribution in [0.4, 0.5) is 5.69 Å². The van der Waals surface area contributed by atoms with Crippen LogP contribution in [0.2, 0.25) is 0 Å². The number of esters is 1. The van der Waals surface area contributed by atoms with E-state index in [1.165, 1.54) is 0 Å². The number of anilines is 1. The first kappa shape index (κ1) is 24.9. The first-order valence-corrected chi connectivity index (χ1v) is 11.3. The quantitative estimate of drug-likeness (QED) is 0.465. The first-order valence-electron chi connectivity index (χ1n) is 11.3. The number of ether oxygens (including phenoxy) is 2. The van der Waals surface area contributed by atoms with E-state index >= 15 is 0 Å². The highest BCUT2D eigenvalue weighted by Gasteiger charge is 2.23. The van der Waals surface area contributed by atoms with Gasteiger partial charge in [0.1, 0.15) is 5.75 Å². The van der Waals surface area contributed by atoms with Crippen LogP contribution in [0.1, 0.15) is 50.2 Å². The molecule has 0 aliphatic heterocycles. The van der Waals surface area contributed by atoms with Crippen LogP contribution in [0, 0.1) is 13.8 Å². The summed E-state index contributed by atoms with van der Waals surface area (Å²) >= 11 is 0. The van der Waals surface area contributed by atoms with Gasteiger partial charge in [0.05, 0.1) is 25.8 Å². The highest BCUT2D eigenvalue weighted by molar-refractivity contribution is 5.95. The van der Waals surface area contributed by atoms with Crippen molar-refractivity contribution < 1.29 is 19.1 Å². The van der Waals surface area contributed by atoms with E-state index < -0.39 is 0 Å². The van der Waals surface area contributed by atoms with E-state index in [2.05, 4.69) is 4.98 Å². The second kappa shape index (κ2) is 10.9. The van der Waals surface area contributed by atoms with Crippen molar-refractivity contribution in [2.45, 2.75) is 33.9 Å². The van der Waals surface area contributed by atoms with Gasteiger partial charge in [0.25, 0.3) is 5.91 Å². The smallest absolute Gasteiger partial charge is 0.340 e. The average Bonchev–Trinajstić information content (AvgIpc) is 3.11. The molecule has 7 nitrogen and oxygen atoms in total. The highest BCUT2D eigenvalue weighted by Crippen LogP contribution is 2.24. The number of carbonyl (C=O) groups excluding carboxylic acids is 2. The van der Waals surface area contributed by atoms with Crippen LogP contribution in [0.25, 0.3) is 0 Å². The van der Waals surface area contributed by atoms with Crippen molar-refractivity contribution in [1.29, 1.82) is 0 Å². The number of carbonyl (C=O) groups is 2. The molecule has 7 heteroatoms. The van der Waals surface area contributed by atoms with Crippen LogP contribution < -0.4 is 9.64 Å². The summed E-state index contributed by atoms with van der Waals surface area (Å²) in [6.45, 7) is 6.55. The van der Waals surface area contributed by atoms with Crippen molar-refractivity contribution in [3.63, 3.8) is 0 Å². The normalized spacial score (nSPS) is 10.6. The summed E-state index contributed by atoms with van der Waals surface area (Å²) in [7, 11) is 5.52. The minimum atomic E-state index is -0.355. The van der Waals surface area contributed by atoms with Gasteiger partial charge in [-0.25, -0.2) is 4.79 Å². The third kappa shape index (κ3) is 5.60. The standard InChI is InChI=1S/C27H33N3O4/c1-7-34-27(32)25-18(2)24(28-19(25)3)17-30(16-20-11-13-23(33-6)14-12-20)26(31)21-9-8-10-22(15-21)29(4)5/h8-15,28H,7,16-17H2,1-6H3. The van der Waals surface area contributed by atoms with Gasteiger partial charge in [0.15, 0.2) is 0 Å². The number of aromatic nitrogens is 1. The van der Waals surface area contributed by atoms with Gasteiger partial charge in [-0.1, -0.05) is 18.2 Å². The summed E-state index contributed by atoms with van der Waals surface area (Å²) in [6.07, 6.45) is 0. The molecule has 180 valence electrons. The fraction of sp³-hybridized carbons (Fsp3) is 0.333. The molecule has 3 rings (SSSR count). The molecular formula is C27H33N3O4. The number of hydrogen-bond donors (Lipinski definition) is 1. The molecule has 34 heavy (non-hydrogen) atoms. The van der Waals surface area contributed by atoms with E-state index in [0.29, 0.717) is 30.8 Å². The maximum absolute atomic E-state index is 13.7. The van der Waals surface area contributed by atoms with E-state index in [-0.39, 0.29) is 11.9 Å². The molecule has 0 unspecified atom stereocenters. The third-order valence-electron chi connectivity index (χ3n) is 5.80. The molecule has 0 radical (unpaired) electrons. The van der Waals surface area contributed by atoms with Gasteiger partial charge in [-0.15, -0.1) is 0 Å². The molecular weight excluding hydrogens is 430 g/mol. The zero-order valence-corrected chi connectivity index (χ0v) is 20.8. The van der Waals surface area contributed by atoms with Gasteiger partial charge in [0.2, 0.25) is 0 Å². The summed E-state index contributed by atoms with van der Waals surface area (Å²) in [4.78, 5) is 33.2. The summed E-state index contributed by atoms with van der Waals surface area (Å²) < 4.78 is 10.5. The summed E-state index contributed by atoms with van der Waals surface area (Å²) in [5, 5.41) is 0. The van der Waals surface area contributed by atoms with Crippen molar-refractivity contribution in [3.8, 4) is 5.75 Å². The fourth-order valence-corrected chi connectivity index (χ4v) is 3.92. The molecule has 0 atom stereocenters. The fourth-order valence-electron chi connectivity index (χ4n) is 3.92. The van der Waals surface area contributed by atoms with E-state index in [0.717, 1.165) is 34.0 Å². The minimum Gasteiger partial charge on any atom is -0.497 e. The van der Waals surface area contributed by atoms with E-state index in [1.54, 1.807) is 18.9 Å². The number of methoxy groups -OCH3 is 1. The Labute approximate surface area is 201 Å². The SMILES string of the molecule is CCOC(=O)c1c(C)[nH]c(CN(Cc2ccc(OC)cc2)C(=O)c2cccc(N(C)C)c2)c1C. The molecule has 0 saturated carbocycles. The molecule has 1 N–H and O–H groups in total. The predicted octanol–water partition coefficient (Wildman–Crippen LogP) is 4.73. The number of rotatable bonds is 9. The molecule has 0 bridgehead atoms. The Bertz CT molecular complexity index is 1150. The van der Waals surface area contributed by atoms with E-state index in [4.69, 9.17) is 9.47 Å². The van der Waals surface area contributed by atoms with Crippen molar-refractivity contribution in [1.82, 2.24) is 9.88 Å². The lowest BCUT2D eigenvalue weighted by atomic mass is 10.1. The Balaban J connectivity index is 1.96. The van der Waals surface area contributed by atoms with Crippen molar-refractivity contribution >= 4 is 17.6 Å². The highest BCUT2D eigenvalue weighted by atomic mass is 16.5. The number of H-pyrrole nitrogens is 1. The average molecular weight is 464 g/mol. The van der Waals surface area contributed by atoms with Gasteiger partial charge in [-0.3, -0.25) is 4.79 Å². The molecule has 1 amide bonds. The van der Waals surface area contributed by atoms with Gasteiger partial charge in [-0.05, 0) is 62.2 Å². The Kier molecular flexibility index (Phi) is 7.99. The molecule has 3 aromatic rings. The molecule has 0 aliphatic rings. The maximum atomic E-state index is 13.7. The van der Waals surface area contributed by atoms with Gasteiger partial charge >= 0.3 is 5.97 Å². The minimum absolute atomic E-state index is 0.0937. The molecule has 1 aromatic heterocycles. The zero-order valence-electron chi connectivity index (χ0n) is 20.8. The summed E-state index contributed by atoms with van der Waals surface area (Å²) in [6, 6.07) is 15.2. The lowest BCUT2D eigenvalue weighted by Gasteiger charge is -2.24. The van der Waals surface area contributed by atoms with Crippen molar-refractivity contribution in [3.05, 3.63) is 82.2 Å². The Hall–Kier alpha value is -3.74. The predicted molar refractivity (Wildman–Crippen MR) is 134 cm³/mol. The van der Waals surface area contributed by atoms with Crippen LogP contribution in [0.5, 0.6) is 5.75 Å². The monoisotopic (exact) mass is 463 g/mol. The first-order chi connectivity index (χ1) is 16.2. The lowest BCUT2D eigenvalue weighted by molar-refractivity contribution is 0.0524. The number of aryl methyl sites for hydroxylation is 1. The largest absolute Gasteiger partial charge is 0.497 e. The van der Waals surface area contributed by atoms with Crippen LogP contribution in [0.15, 0.2) is 48.5 Å². The van der Waals surface area contributed by atoms with Gasteiger partial charge in [0, 0.05) is 43.3 Å². The summed E-state index contributed by atoms with van der Waals surface area (Å²) in [5.74, 6) is 0.311. The molecule has 0 aliphatic carbocycles. The molecule has 0 saturated heterocycles. The molecule has 0 fully saturated rings. The third-order valence-corrected chi connectivity index (χ3v) is 5.80. The van der Waals surface area contributed by atoms with Gasteiger partial charge in [-0.2, -0.15) is 0 Å². The maximum Gasteiger partial charge on any atom is 0.340 e. The summed E-state index contributed by atoms with van der Waals surface area (Å²) in [5.41, 5.74) is 5.40. The molecule has 1 heterocycles. The number of hydrogen-bond acceptors (Lipinski definition) is 5. The van der Waals surface area contributed by atoms with E-state index in [1.807, 2.05) is 81.4 Å². The molecule has 0 spiro atoms. The zero-order chi connectivity index (χ0) is 24.8. The van der Waals surface area contributed by atoms with Crippen molar-refractivity contribution in [2.75, 3.05) is 32.7 Å². The second-order valence-corrected chi connectivity index (χ2v) is 8.40. The number of aromatic amines is 1. The van der Waals surface area contributed by atoms with Crippen LogP contribution >= 0.6 is 0 Å². The molecule has 2 aromatic carbocycles. The number of nitrogens with one attached hydrogen (secondary N) is 1. The lowest BCUT2D eigenvalue weighted by Crippen LogP contribution is -2.30. The van der Waals surface area contributed by atoms with E-state index in [9.17, 15) is 9.59 Å². The Morgan fingerprint density at radius 2 is 1.71 bits per heavy atom. The van der Waals surface area contributed by atoms with Gasteiger partial charge < -0.3 is 24.3 Å². The topological polar surface area (TPSA) is 74.9 Å². The Morgan fingerprint density at radius 1 is 1.00 bits per heavy atom. The van der Waals surface area contributed by atoms with Crippen LogP contribution in [-0.2, 0) is 17.8 Å². The number of amides is 1. The second-order valence-electron chi connectivity index (χ2n) is 8.40. The number of nitrogens with zero attached hydrogens (tertiary/aromatic N) is 2. The van der Waals surface area contributed by atoms with Crippen LogP contribution in [-0.4, -0.2) is 49.6 Å².